The van der Waals surface area contributed by atoms with Crippen LogP contribution in [0.15, 0.2) is 24.3 Å². The first-order valence-electron chi connectivity index (χ1n) is 6.56. The number of methoxy groups -OCH3 is 1. The molecule has 0 bridgehead atoms. The van der Waals surface area contributed by atoms with Crippen LogP contribution in [-0.2, 0) is 6.54 Å². The van der Waals surface area contributed by atoms with Crippen LogP contribution < -0.4 is 10.1 Å². The van der Waals surface area contributed by atoms with Crippen molar-refractivity contribution in [1.29, 1.82) is 0 Å². The molecule has 2 nitrogen and oxygen atoms in total. The molecule has 0 spiro atoms. The molecule has 1 aromatic carbocycles. The minimum Gasteiger partial charge on any atom is -0.497 e. The van der Waals surface area contributed by atoms with Crippen molar-refractivity contribution >= 4 is 0 Å². The smallest absolute Gasteiger partial charge is 0.119 e. The van der Waals surface area contributed by atoms with Crippen LogP contribution in [0, 0.1) is 5.41 Å². The molecule has 1 N–H and O–H groups in total. The summed E-state index contributed by atoms with van der Waals surface area (Å²) in [5, 5.41) is 3.58. The van der Waals surface area contributed by atoms with Crippen LogP contribution in [-0.4, -0.2) is 13.7 Å². The Balaban J connectivity index is 1.81. The molecule has 0 heterocycles. The number of hydrogen-bond donors (Lipinski definition) is 1. The van der Waals surface area contributed by atoms with Gasteiger partial charge in [-0.1, -0.05) is 31.9 Å². The molecule has 1 aliphatic carbocycles. The van der Waals surface area contributed by atoms with E-state index in [1.807, 2.05) is 12.1 Å². The van der Waals surface area contributed by atoms with Gasteiger partial charge in [0.05, 0.1) is 7.11 Å². The maximum Gasteiger partial charge on any atom is 0.119 e. The average Bonchev–Trinajstić information content (AvgIpc) is 2.77. The molecule has 1 aromatic rings. The summed E-state index contributed by atoms with van der Waals surface area (Å²) in [6.07, 6.45) is 5.55. The van der Waals surface area contributed by atoms with Crippen LogP contribution in [0.3, 0.4) is 0 Å². The Kier molecular flexibility index (Phi) is 4.06. The van der Waals surface area contributed by atoms with E-state index in [-0.39, 0.29) is 0 Å². The molecule has 2 heteroatoms. The van der Waals surface area contributed by atoms with Gasteiger partial charge in [0.1, 0.15) is 5.75 Å². The molecule has 17 heavy (non-hydrogen) atoms. The summed E-state index contributed by atoms with van der Waals surface area (Å²) < 4.78 is 5.23. The van der Waals surface area contributed by atoms with Gasteiger partial charge in [-0.25, -0.2) is 0 Å². The van der Waals surface area contributed by atoms with Crippen molar-refractivity contribution in [2.24, 2.45) is 5.41 Å². The summed E-state index contributed by atoms with van der Waals surface area (Å²) in [4.78, 5) is 0. The highest BCUT2D eigenvalue weighted by atomic mass is 16.5. The number of rotatable bonds is 5. The first-order valence-corrected chi connectivity index (χ1v) is 6.56. The molecule has 0 aromatic heterocycles. The second kappa shape index (κ2) is 5.54. The minimum atomic E-state index is 0.527. The molecule has 1 saturated carbocycles. The molecule has 0 radical (unpaired) electrons. The molecule has 0 amide bonds. The molecule has 0 aliphatic heterocycles. The van der Waals surface area contributed by atoms with E-state index in [0.717, 1.165) is 18.8 Å². The molecule has 1 fully saturated rings. The van der Waals surface area contributed by atoms with E-state index in [1.54, 1.807) is 7.11 Å². The zero-order valence-electron chi connectivity index (χ0n) is 11.0. The Morgan fingerprint density at radius 2 is 2.06 bits per heavy atom. The summed E-state index contributed by atoms with van der Waals surface area (Å²) in [6, 6.07) is 8.28. The molecule has 0 unspecified atom stereocenters. The lowest BCUT2D eigenvalue weighted by Crippen LogP contribution is -2.29. The summed E-state index contributed by atoms with van der Waals surface area (Å²) in [5.41, 5.74) is 1.82. The predicted molar refractivity (Wildman–Crippen MR) is 71.3 cm³/mol. The third-order valence-corrected chi connectivity index (χ3v) is 3.83. The highest BCUT2D eigenvalue weighted by molar-refractivity contribution is 5.28. The van der Waals surface area contributed by atoms with Crippen LogP contribution in [0.2, 0.25) is 0 Å². The highest BCUT2D eigenvalue weighted by Gasteiger charge is 2.27. The molecule has 0 saturated heterocycles. The summed E-state index contributed by atoms with van der Waals surface area (Å²) in [7, 11) is 1.71. The fraction of sp³-hybridized carbons (Fsp3) is 0.600. The molecular weight excluding hydrogens is 210 g/mol. The maximum absolute atomic E-state index is 5.23. The standard InChI is InChI=1S/C15H23NO/c1-15(8-3-4-9-15)12-16-11-13-6-5-7-14(10-13)17-2/h5-7,10,16H,3-4,8-9,11-12H2,1-2H3. The van der Waals surface area contributed by atoms with E-state index in [1.165, 1.54) is 31.2 Å². The Morgan fingerprint density at radius 1 is 1.29 bits per heavy atom. The van der Waals surface area contributed by atoms with E-state index in [0.29, 0.717) is 5.41 Å². The van der Waals surface area contributed by atoms with Crippen molar-refractivity contribution in [3.8, 4) is 5.75 Å². The SMILES string of the molecule is COc1cccc(CNCC2(C)CCCC2)c1. The first-order chi connectivity index (χ1) is 8.22. The van der Waals surface area contributed by atoms with Gasteiger partial charge in [0.25, 0.3) is 0 Å². The molecule has 0 atom stereocenters. The number of nitrogens with one attached hydrogen (secondary N) is 1. The maximum atomic E-state index is 5.23. The third kappa shape index (κ3) is 3.47. The van der Waals surface area contributed by atoms with Gasteiger partial charge in [-0.3, -0.25) is 0 Å². The van der Waals surface area contributed by atoms with Crippen LogP contribution in [0.1, 0.15) is 38.2 Å². The topological polar surface area (TPSA) is 21.3 Å². The zero-order chi connectivity index (χ0) is 12.1. The Bertz CT molecular complexity index is 356. The monoisotopic (exact) mass is 233 g/mol. The van der Waals surface area contributed by atoms with E-state index < -0.39 is 0 Å². The van der Waals surface area contributed by atoms with Gasteiger partial charge >= 0.3 is 0 Å². The fourth-order valence-electron chi connectivity index (χ4n) is 2.70. The number of ether oxygens (including phenoxy) is 1. The van der Waals surface area contributed by atoms with Gasteiger partial charge in [0.15, 0.2) is 0 Å². The number of benzene rings is 1. The second-order valence-electron chi connectivity index (χ2n) is 5.47. The highest BCUT2D eigenvalue weighted by Crippen LogP contribution is 2.36. The Hall–Kier alpha value is -1.02. The second-order valence-corrected chi connectivity index (χ2v) is 5.47. The average molecular weight is 233 g/mol. The van der Waals surface area contributed by atoms with Gasteiger partial charge < -0.3 is 10.1 Å². The lowest BCUT2D eigenvalue weighted by molar-refractivity contribution is 0.314. The quantitative estimate of drug-likeness (QED) is 0.842. The van der Waals surface area contributed by atoms with E-state index in [9.17, 15) is 0 Å². The van der Waals surface area contributed by atoms with Gasteiger partial charge in [0, 0.05) is 13.1 Å². The van der Waals surface area contributed by atoms with Crippen LogP contribution in [0.25, 0.3) is 0 Å². The fourth-order valence-corrected chi connectivity index (χ4v) is 2.70. The van der Waals surface area contributed by atoms with Crippen molar-refractivity contribution in [3.05, 3.63) is 29.8 Å². The van der Waals surface area contributed by atoms with Crippen molar-refractivity contribution < 1.29 is 4.74 Å². The van der Waals surface area contributed by atoms with Gasteiger partial charge in [-0.05, 0) is 36.0 Å². The van der Waals surface area contributed by atoms with E-state index in [2.05, 4.69) is 24.4 Å². The van der Waals surface area contributed by atoms with E-state index in [4.69, 9.17) is 4.74 Å². The van der Waals surface area contributed by atoms with E-state index >= 15 is 0 Å². The molecule has 94 valence electrons. The Morgan fingerprint density at radius 3 is 2.76 bits per heavy atom. The van der Waals surface area contributed by atoms with Crippen LogP contribution >= 0.6 is 0 Å². The van der Waals surface area contributed by atoms with Crippen LogP contribution in [0.4, 0.5) is 0 Å². The van der Waals surface area contributed by atoms with Gasteiger partial charge in [-0.15, -0.1) is 0 Å². The predicted octanol–water partition coefficient (Wildman–Crippen LogP) is 3.37. The third-order valence-electron chi connectivity index (χ3n) is 3.83. The zero-order valence-corrected chi connectivity index (χ0v) is 11.0. The van der Waals surface area contributed by atoms with Crippen molar-refractivity contribution in [3.63, 3.8) is 0 Å². The summed E-state index contributed by atoms with van der Waals surface area (Å²) in [6.45, 7) is 4.47. The summed E-state index contributed by atoms with van der Waals surface area (Å²) in [5.74, 6) is 0.941. The lowest BCUT2D eigenvalue weighted by atomic mass is 9.89. The van der Waals surface area contributed by atoms with Crippen molar-refractivity contribution in [1.82, 2.24) is 5.32 Å². The first kappa shape index (κ1) is 12.4. The van der Waals surface area contributed by atoms with Gasteiger partial charge in [0.2, 0.25) is 0 Å². The largest absolute Gasteiger partial charge is 0.497 e. The minimum absolute atomic E-state index is 0.527. The summed E-state index contributed by atoms with van der Waals surface area (Å²) >= 11 is 0. The Labute approximate surface area is 104 Å². The number of hydrogen-bond acceptors (Lipinski definition) is 2. The van der Waals surface area contributed by atoms with Crippen LogP contribution in [0.5, 0.6) is 5.75 Å². The molecule has 2 rings (SSSR count). The molecular formula is C15H23NO. The normalized spacial score (nSPS) is 18.2. The van der Waals surface area contributed by atoms with Crippen molar-refractivity contribution in [2.45, 2.75) is 39.2 Å². The lowest BCUT2D eigenvalue weighted by Gasteiger charge is -2.23. The van der Waals surface area contributed by atoms with Crippen molar-refractivity contribution in [2.75, 3.05) is 13.7 Å². The van der Waals surface area contributed by atoms with Gasteiger partial charge in [-0.2, -0.15) is 0 Å². The molecule has 1 aliphatic rings.